The van der Waals surface area contributed by atoms with Crippen LogP contribution in [0.25, 0.3) is 0 Å². The molecule has 1 radical (unpaired) electrons. The van der Waals surface area contributed by atoms with E-state index in [9.17, 15) is 0 Å². The van der Waals surface area contributed by atoms with Crippen molar-refractivity contribution in [2.75, 3.05) is 38.8 Å². The van der Waals surface area contributed by atoms with Crippen molar-refractivity contribution in [2.24, 2.45) is 0 Å². The molecule has 1 aromatic heterocycles. The lowest BCUT2D eigenvalue weighted by Gasteiger charge is -2.24. The Morgan fingerprint density at radius 1 is 1.35 bits per heavy atom. The highest BCUT2D eigenvalue weighted by molar-refractivity contribution is 5.36. The lowest BCUT2D eigenvalue weighted by atomic mass is 10.3. The Kier molecular flexibility index (Phi) is 4.30. The van der Waals surface area contributed by atoms with Gasteiger partial charge in [-0.3, -0.25) is 4.84 Å². The van der Waals surface area contributed by atoms with Crippen molar-refractivity contribution in [1.29, 1.82) is 0 Å². The van der Waals surface area contributed by atoms with Crippen LogP contribution in [-0.2, 0) is 9.57 Å². The van der Waals surface area contributed by atoms with Gasteiger partial charge in [-0.1, -0.05) is 0 Å². The van der Waals surface area contributed by atoms with Crippen LogP contribution in [0.1, 0.15) is 6.42 Å². The maximum absolute atomic E-state index is 5.40. The van der Waals surface area contributed by atoms with Crippen LogP contribution in [0, 0.1) is 6.07 Å². The van der Waals surface area contributed by atoms with Crippen LogP contribution in [0.5, 0.6) is 0 Å². The highest BCUT2D eigenvalue weighted by Gasteiger charge is 2.24. The van der Waals surface area contributed by atoms with E-state index in [1.807, 2.05) is 17.2 Å². The Hall–Kier alpha value is -1.17. The van der Waals surface area contributed by atoms with Crippen molar-refractivity contribution in [3.8, 4) is 0 Å². The Morgan fingerprint density at radius 2 is 2.24 bits per heavy atom. The quantitative estimate of drug-likeness (QED) is 0.780. The minimum Gasteiger partial charge on any atom is -0.364 e. The molecule has 2 heterocycles. The molecular formula is C12H18N3O2. The van der Waals surface area contributed by atoms with Crippen molar-refractivity contribution >= 4 is 5.82 Å². The average molecular weight is 236 g/mol. The van der Waals surface area contributed by atoms with Gasteiger partial charge in [-0.2, -0.15) is 5.06 Å². The zero-order valence-electron chi connectivity index (χ0n) is 10.3. The molecule has 0 amide bonds. The summed E-state index contributed by atoms with van der Waals surface area (Å²) >= 11 is 0. The van der Waals surface area contributed by atoms with Gasteiger partial charge in [0.1, 0.15) is 12.0 Å². The van der Waals surface area contributed by atoms with Crippen LogP contribution in [-0.4, -0.2) is 50.1 Å². The largest absolute Gasteiger partial charge is 0.364 e. The lowest BCUT2D eigenvalue weighted by Crippen LogP contribution is -2.36. The van der Waals surface area contributed by atoms with Crippen molar-refractivity contribution in [3.63, 3.8) is 0 Å². The van der Waals surface area contributed by atoms with Crippen LogP contribution in [0.2, 0.25) is 0 Å². The first kappa shape index (κ1) is 12.3. The lowest BCUT2D eigenvalue weighted by molar-refractivity contribution is -0.225. The normalized spacial score (nSPS) is 22.5. The van der Waals surface area contributed by atoms with Crippen molar-refractivity contribution in [3.05, 3.63) is 24.4 Å². The van der Waals surface area contributed by atoms with Gasteiger partial charge in [0, 0.05) is 45.4 Å². The molecule has 0 spiro atoms. The first-order valence-corrected chi connectivity index (χ1v) is 5.76. The molecular weight excluding hydrogens is 218 g/mol. The number of aromatic nitrogens is 1. The topological polar surface area (TPSA) is 37.8 Å². The summed E-state index contributed by atoms with van der Waals surface area (Å²) in [5.74, 6) is 0.889. The van der Waals surface area contributed by atoms with Crippen molar-refractivity contribution < 1.29 is 9.57 Å². The molecule has 0 aromatic carbocycles. The molecule has 93 valence electrons. The summed E-state index contributed by atoms with van der Waals surface area (Å²) in [5, 5.41) is 1.86. The molecule has 1 aromatic rings. The zero-order valence-corrected chi connectivity index (χ0v) is 10.3. The number of hydrogen-bond donors (Lipinski definition) is 0. The molecule has 1 atom stereocenters. The van der Waals surface area contributed by atoms with Gasteiger partial charge in [-0.05, 0) is 12.1 Å². The Labute approximate surface area is 102 Å². The second kappa shape index (κ2) is 5.95. The van der Waals surface area contributed by atoms with Crippen LogP contribution >= 0.6 is 0 Å². The second-order valence-corrected chi connectivity index (χ2v) is 3.89. The third-order valence-electron chi connectivity index (χ3n) is 2.96. The zero-order chi connectivity index (χ0) is 12.1. The fourth-order valence-electron chi connectivity index (χ4n) is 2.03. The fraction of sp³-hybridized carbons (Fsp3) is 0.583. The number of hydroxylamine groups is 2. The maximum Gasteiger partial charge on any atom is 0.136 e. The summed E-state index contributed by atoms with van der Waals surface area (Å²) in [7, 11) is 3.38. The predicted molar refractivity (Wildman–Crippen MR) is 64.4 cm³/mol. The molecule has 1 saturated heterocycles. The molecule has 0 bridgehead atoms. The van der Waals surface area contributed by atoms with Gasteiger partial charge in [0.05, 0.1) is 7.11 Å². The molecule has 2 rings (SSSR count). The highest BCUT2D eigenvalue weighted by Crippen LogP contribution is 2.16. The monoisotopic (exact) mass is 236 g/mol. The van der Waals surface area contributed by atoms with E-state index in [0.29, 0.717) is 0 Å². The van der Waals surface area contributed by atoms with E-state index < -0.39 is 0 Å². The van der Waals surface area contributed by atoms with Crippen LogP contribution < -0.4 is 4.90 Å². The van der Waals surface area contributed by atoms with E-state index in [0.717, 1.165) is 31.9 Å². The number of nitrogens with zero attached hydrogens (tertiary/aromatic N) is 3. The van der Waals surface area contributed by atoms with Crippen LogP contribution in [0.4, 0.5) is 5.82 Å². The van der Waals surface area contributed by atoms with E-state index in [4.69, 9.17) is 9.57 Å². The van der Waals surface area contributed by atoms with Crippen LogP contribution in [0.3, 0.4) is 0 Å². The highest BCUT2D eigenvalue weighted by atomic mass is 16.7. The third kappa shape index (κ3) is 2.94. The van der Waals surface area contributed by atoms with E-state index >= 15 is 0 Å². The summed E-state index contributed by atoms with van der Waals surface area (Å²) in [6.07, 6.45) is 2.68. The van der Waals surface area contributed by atoms with Crippen molar-refractivity contribution in [2.45, 2.75) is 12.6 Å². The molecule has 0 aliphatic carbocycles. The van der Waals surface area contributed by atoms with Gasteiger partial charge in [0.25, 0.3) is 0 Å². The maximum atomic E-state index is 5.40. The number of anilines is 1. The third-order valence-corrected chi connectivity index (χ3v) is 2.96. The van der Waals surface area contributed by atoms with Gasteiger partial charge < -0.3 is 9.64 Å². The first-order valence-electron chi connectivity index (χ1n) is 5.76. The fourth-order valence-corrected chi connectivity index (χ4v) is 2.03. The average Bonchev–Trinajstić information content (AvgIpc) is 2.61. The Bertz CT molecular complexity index is 320. The summed E-state index contributed by atoms with van der Waals surface area (Å²) in [4.78, 5) is 11.8. The smallest absolute Gasteiger partial charge is 0.136 e. The summed E-state index contributed by atoms with van der Waals surface area (Å²) in [6.45, 7) is 2.55. The molecule has 1 aliphatic heterocycles. The van der Waals surface area contributed by atoms with Gasteiger partial charge in [0.15, 0.2) is 0 Å². The van der Waals surface area contributed by atoms with Crippen molar-refractivity contribution in [1.82, 2.24) is 10.0 Å². The number of rotatable bonds is 3. The molecule has 5 nitrogen and oxygen atoms in total. The molecule has 1 fully saturated rings. The number of ether oxygens (including phenoxy) is 1. The van der Waals surface area contributed by atoms with E-state index in [1.54, 1.807) is 20.4 Å². The SMILES string of the molecule is COC1CCN(c2[c]cccn2)CCN1OC. The van der Waals surface area contributed by atoms with E-state index in [-0.39, 0.29) is 6.23 Å². The van der Waals surface area contributed by atoms with Gasteiger partial charge in [0.2, 0.25) is 0 Å². The standard InChI is InChI=1S/C12H18N3O2/c1-16-12-6-8-14(9-10-15(12)17-2)11-5-3-4-7-13-11/h3-4,7,12H,6,8-10H2,1-2H3. The Morgan fingerprint density at radius 3 is 2.88 bits per heavy atom. The summed E-state index contributed by atoms with van der Waals surface area (Å²) < 4.78 is 5.40. The molecule has 17 heavy (non-hydrogen) atoms. The van der Waals surface area contributed by atoms with Gasteiger partial charge in [-0.25, -0.2) is 4.98 Å². The molecule has 1 unspecified atom stereocenters. The minimum absolute atomic E-state index is 0.00807. The number of methoxy groups -OCH3 is 1. The minimum atomic E-state index is 0.00807. The van der Waals surface area contributed by atoms with Crippen LogP contribution in [0.15, 0.2) is 18.3 Å². The molecule has 5 heteroatoms. The molecule has 1 aliphatic rings. The second-order valence-electron chi connectivity index (χ2n) is 3.89. The number of pyridine rings is 1. The first-order chi connectivity index (χ1) is 8.35. The Balaban J connectivity index is 2.04. The predicted octanol–water partition coefficient (Wildman–Crippen LogP) is 0.928. The molecule has 0 saturated carbocycles. The van der Waals surface area contributed by atoms with E-state index in [2.05, 4.69) is 16.0 Å². The summed E-state index contributed by atoms with van der Waals surface area (Å²) in [6, 6.07) is 6.91. The summed E-state index contributed by atoms with van der Waals surface area (Å²) in [5.41, 5.74) is 0. The number of hydrogen-bond acceptors (Lipinski definition) is 5. The van der Waals surface area contributed by atoms with Gasteiger partial charge in [-0.15, -0.1) is 0 Å². The van der Waals surface area contributed by atoms with E-state index in [1.165, 1.54) is 0 Å². The van der Waals surface area contributed by atoms with Gasteiger partial charge >= 0.3 is 0 Å². The molecule has 0 N–H and O–H groups in total.